The van der Waals surface area contributed by atoms with Crippen molar-refractivity contribution in [3.05, 3.63) is 38.9 Å². The number of carbonyl (C=O) groups excluding carboxylic acids is 1. The van der Waals surface area contributed by atoms with Gasteiger partial charge in [0.05, 0.1) is 4.92 Å². The van der Waals surface area contributed by atoms with E-state index in [1.807, 2.05) is 0 Å². The molecule has 7 nitrogen and oxygen atoms in total. The quantitative estimate of drug-likeness (QED) is 0.659. The summed E-state index contributed by atoms with van der Waals surface area (Å²) in [5, 5.41) is 19.2. The molecule has 18 heavy (non-hydrogen) atoms. The van der Waals surface area contributed by atoms with Crippen LogP contribution in [0.15, 0.2) is 18.2 Å². The van der Waals surface area contributed by atoms with E-state index in [0.717, 1.165) is 17.0 Å². The van der Waals surface area contributed by atoms with Gasteiger partial charge in [-0.15, -0.1) is 0 Å². The molecule has 0 radical (unpaired) electrons. The minimum absolute atomic E-state index is 0.0297. The maximum atomic E-state index is 11.8. The molecule has 0 aliphatic rings. The Bertz CT molecular complexity index is 517. The predicted octanol–water partition coefficient (Wildman–Crippen LogP) is 1.40. The number of carboxylic acid groups (broad SMARTS) is 1. The molecule has 0 fully saturated rings. The Morgan fingerprint density at radius 3 is 2.56 bits per heavy atom. The topological polar surface area (TPSA) is 101 Å². The van der Waals surface area contributed by atoms with Crippen molar-refractivity contribution in [2.75, 3.05) is 13.6 Å². The third-order valence-electron chi connectivity index (χ3n) is 2.06. The lowest BCUT2D eigenvalue weighted by Crippen LogP contribution is -2.31. The van der Waals surface area contributed by atoms with Gasteiger partial charge in [-0.25, -0.2) is 0 Å². The van der Waals surface area contributed by atoms with Gasteiger partial charge in [0.15, 0.2) is 0 Å². The first kappa shape index (κ1) is 13.9. The van der Waals surface area contributed by atoms with Crippen LogP contribution in [0.2, 0.25) is 5.02 Å². The molecule has 96 valence electrons. The first-order valence-electron chi connectivity index (χ1n) is 4.73. The van der Waals surface area contributed by atoms with Gasteiger partial charge in [0.2, 0.25) is 0 Å². The summed E-state index contributed by atoms with van der Waals surface area (Å²) >= 11 is 5.66. The molecule has 1 aromatic rings. The molecule has 0 heterocycles. The zero-order valence-corrected chi connectivity index (χ0v) is 10.0. The van der Waals surface area contributed by atoms with Crippen LogP contribution in [0.25, 0.3) is 0 Å². The molecule has 0 spiro atoms. The maximum Gasteiger partial charge on any atom is 0.323 e. The Balaban J connectivity index is 3.05. The molecule has 1 amide bonds. The fourth-order valence-corrected chi connectivity index (χ4v) is 1.53. The molecule has 0 saturated carbocycles. The van der Waals surface area contributed by atoms with Crippen LogP contribution in [-0.4, -0.2) is 40.4 Å². The highest BCUT2D eigenvalue weighted by atomic mass is 35.5. The van der Waals surface area contributed by atoms with Crippen LogP contribution in [0.5, 0.6) is 0 Å². The largest absolute Gasteiger partial charge is 0.480 e. The Labute approximate surface area is 107 Å². The number of aliphatic carboxylic acids is 1. The monoisotopic (exact) mass is 272 g/mol. The van der Waals surface area contributed by atoms with Gasteiger partial charge in [-0.05, 0) is 6.07 Å². The number of carboxylic acids is 1. The summed E-state index contributed by atoms with van der Waals surface area (Å²) in [7, 11) is 1.28. The number of rotatable bonds is 4. The van der Waals surface area contributed by atoms with E-state index in [9.17, 15) is 19.7 Å². The Hall–Kier alpha value is -2.15. The molecular formula is C10H9ClN2O5. The average molecular weight is 273 g/mol. The normalized spacial score (nSPS) is 9.89. The van der Waals surface area contributed by atoms with Crippen molar-refractivity contribution in [3.63, 3.8) is 0 Å². The van der Waals surface area contributed by atoms with Crippen molar-refractivity contribution >= 4 is 29.2 Å². The highest BCUT2D eigenvalue weighted by Gasteiger charge is 2.18. The zero-order valence-electron chi connectivity index (χ0n) is 9.29. The first-order valence-corrected chi connectivity index (χ1v) is 5.11. The SMILES string of the molecule is CN(CC(=O)O)C(=O)c1cc(Cl)cc([N+](=O)[O-])c1. The Morgan fingerprint density at radius 1 is 1.44 bits per heavy atom. The van der Waals surface area contributed by atoms with Crippen molar-refractivity contribution in [3.8, 4) is 0 Å². The third kappa shape index (κ3) is 3.42. The van der Waals surface area contributed by atoms with Gasteiger partial charge in [-0.1, -0.05) is 11.6 Å². The van der Waals surface area contributed by atoms with Crippen LogP contribution < -0.4 is 0 Å². The van der Waals surface area contributed by atoms with Gasteiger partial charge in [0.25, 0.3) is 11.6 Å². The van der Waals surface area contributed by atoms with Gasteiger partial charge in [-0.3, -0.25) is 19.7 Å². The second-order valence-electron chi connectivity index (χ2n) is 3.51. The number of carbonyl (C=O) groups is 2. The van der Waals surface area contributed by atoms with Crippen LogP contribution >= 0.6 is 11.6 Å². The number of nitrogens with zero attached hydrogens (tertiary/aromatic N) is 2. The number of benzene rings is 1. The van der Waals surface area contributed by atoms with Crippen molar-refractivity contribution in [1.82, 2.24) is 4.90 Å². The average Bonchev–Trinajstić information content (AvgIpc) is 2.26. The fraction of sp³-hybridized carbons (Fsp3) is 0.200. The number of likely N-dealkylation sites (N-methyl/N-ethyl adjacent to an activating group) is 1. The molecule has 0 aromatic heterocycles. The van der Waals surface area contributed by atoms with E-state index in [1.165, 1.54) is 13.1 Å². The molecule has 1 aromatic carbocycles. The molecule has 1 rings (SSSR count). The molecule has 0 aliphatic heterocycles. The van der Waals surface area contributed by atoms with E-state index in [2.05, 4.69) is 0 Å². The number of hydrogen-bond acceptors (Lipinski definition) is 4. The summed E-state index contributed by atoms with van der Waals surface area (Å²) in [4.78, 5) is 33.1. The summed E-state index contributed by atoms with van der Waals surface area (Å²) in [5.41, 5.74) is -0.354. The zero-order chi connectivity index (χ0) is 13.9. The Kier molecular flexibility index (Phi) is 4.22. The molecule has 0 aliphatic carbocycles. The predicted molar refractivity (Wildman–Crippen MR) is 62.7 cm³/mol. The minimum atomic E-state index is -1.18. The second-order valence-corrected chi connectivity index (χ2v) is 3.95. The molecule has 8 heteroatoms. The lowest BCUT2D eigenvalue weighted by molar-refractivity contribution is -0.384. The van der Waals surface area contributed by atoms with Crippen LogP contribution in [0.3, 0.4) is 0 Å². The number of halogens is 1. The van der Waals surface area contributed by atoms with Crippen molar-refractivity contribution in [1.29, 1.82) is 0 Å². The number of nitro groups is 1. The lowest BCUT2D eigenvalue weighted by atomic mass is 10.2. The number of hydrogen-bond donors (Lipinski definition) is 1. The molecule has 0 bridgehead atoms. The number of amides is 1. The van der Waals surface area contributed by atoms with E-state index in [-0.39, 0.29) is 16.3 Å². The summed E-state index contributed by atoms with van der Waals surface area (Å²) in [6.45, 7) is -0.501. The summed E-state index contributed by atoms with van der Waals surface area (Å²) in [5.74, 6) is -1.83. The summed E-state index contributed by atoms with van der Waals surface area (Å²) < 4.78 is 0. The third-order valence-corrected chi connectivity index (χ3v) is 2.28. The van der Waals surface area contributed by atoms with Gasteiger partial charge in [0.1, 0.15) is 6.54 Å². The number of non-ortho nitro benzene ring substituents is 1. The Morgan fingerprint density at radius 2 is 2.06 bits per heavy atom. The van der Waals surface area contributed by atoms with E-state index < -0.39 is 23.3 Å². The van der Waals surface area contributed by atoms with E-state index in [4.69, 9.17) is 16.7 Å². The van der Waals surface area contributed by atoms with Crippen LogP contribution in [-0.2, 0) is 4.79 Å². The number of nitro benzene ring substituents is 1. The van der Waals surface area contributed by atoms with E-state index in [1.54, 1.807) is 0 Å². The van der Waals surface area contributed by atoms with Gasteiger partial charge < -0.3 is 10.0 Å². The molecular weight excluding hydrogens is 264 g/mol. The van der Waals surface area contributed by atoms with Gasteiger partial charge in [0, 0.05) is 29.8 Å². The minimum Gasteiger partial charge on any atom is -0.480 e. The summed E-state index contributed by atoms with van der Waals surface area (Å²) in [6.07, 6.45) is 0. The molecule has 0 saturated heterocycles. The summed E-state index contributed by atoms with van der Waals surface area (Å²) in [6, 6.07) is 3.40. The smallest absolute Gasteiger partial charge is 0.323 e. The maximum absolute atomic E-state index is 11.8. The lowest BCUT2D eigenvalue weighted by Gasteiger charge is -2.14. The van der Waals surface area contributed by atoms with Crippen LogP contribution in [0, 0.1) is 10.1 Å². The van der Waals surface area contributed by atoms with Gasteiger partial charge >= 0.3 is 5.97 Å². The van der Waals surface area contributed by atoms with Crippen molar-refractivity contribution < 1.29 is 19.6 Å². The van der Waals surface area contributed by atoms with Crippen LogP contribution in [0.1, 0.15) is 10.4 Å². The second kappa shape index (κ2) is 5.46. The van der Waals surface area contributed by atoms with Crippen molar-refractivity contribution in [2.45, 2.75) is 0 Å². The van der Waals surface area contributed by atoms with E-state index >= 15 is 0 Å². The molecule has 0 unspecified atom stereocenters. The molecule has 1 N–H and O–H groups in total. The molecule has 0 atom stereocenters. The highest BCUT2D eigenvalue weighted by molar-refractivity contribution is 6.31. The first-order chi connectivity index (χ1) is 8.31. The standard InChI is InChI=1S/C10H9ClN2O5/c1-12(5-9(14)15)10(16)6-2-7(11)4-8(3-6)13(17)18/h2-4H,5H2,1H3,(H,14,15). The highest BCUT2D eigenvalue weighted by Crippen LogP contribution is 2.21. The fourth-order valence-electron chi connectivity index (χ4n) is 1.30. The van der Waals surface area contributed by atoms with Crippen molar-refractivity contribution in [2.24, 2.45) is 0 Å². The van der Waals surface area contributed by atoms with Gasteiger partial charge in [-0.2, -0.15) is 0 Å². The van der Waals surface area contributed by atoms with E-state index in [0.29, 0.717) is 0 Å². The van der Waals surface area contributed by atoms with Crippen LogP contribution in [0.4, 0.5) is 5.69 Å².